The second-order valence-electron chi connectivity index (χ2n) is 5.86. The zero-order valence-electron chi connectivity index (χ0n) is 14.9. The summed E-state index contributed by atoms with van der Waals surface area (Å²) in [6.45, 7) is 6.47. The van der Waals surface area contributed by atoms with Crippen LogP contribution in [-0.2, 0) is 16.0 Å². The van der Waals surface area contributed by atoms with E-state index in [2.05, 4.69) is 15.6 Å². The Labute approximate surface area is 167 Å². The molecule has 3 N–H and O–H groups in total. The van der Waals surface area contributed by atoms with Gasteiger partial charge < -0.3 is 25.2 Å². The molecule has 0 saturated carbocycles. The summed E-state index contributed by atoms with van der Waals surface area (Å²) in [7, 11) is 0. The molecule has 1 atom stereocenters. The molecule has 1 aliphatic heterocycles. The van der Waals surface area contributed by atoms with Gasteiger partial charge in [-0.3, -0.25) is 0 Å². The Morgan fingerprint density at radius 1 is 1.40 bits per heavy atom. The first-order valence-electron chi connectivity index (χ1n) is 8.77. The fourth-order valence-electron chi connectivity index (χ4n) is 2.54. The monoisotopic (exact) mass is 463 g/mol. The van der Waals surface area contributed by atoms with Crippen LogP contribution in [0.15, 0.2) is 29.3 Å². The van der Waals surface area contributed by atoms with Crippen LogP contribution in [0.2, 0.25) is 0 Å². The van der Waals surface area contributed by atoms with Gasteiger partial charge in [-0.2, -0.15) is 0 Å². The lowest BCUT2D eigenvalue weighted by molar-refractivity contribution is 0.0168. The molecule has 0 aliphatic carbocycles. The number of hydrogen-bond acceptors (Lipinski definition) is 4. The van der Waals surface area contributed by atoms with Crippen LogP contribution < -0.4 is 10.6 Å². The molecule has 1 aromatic carbocycles. The summed E-state index contributed by atoms with van der Waals surface area (Å²) in [4.78, 5) is 4.53. The van der Waals surface area contributed by atoms with Crippen molar-refractivity contribution in [1.82, 2.24) is 10.6 Å². The molecule has 7 heteroatoms. The summed E-state index contributed by atoms with van der Waals surface area (Å²) in [5.74, 6) is 1.05. The number of hydrogen-bond donors (Lipinski definition) is 3. The van der Waals surface area contributed by atoms with Gasteiger partial charge in [-0.05, 0) is 43.9 Å². The van der Waals surface area contributed by atoms with E-state index in [4.69, 9.17) is 9.47 Å². The van der Waals surface area contributed by atoms with Gasteiger partial charge >= 0.3 is 0 Å². The highest BCUT2D eigenvalue weighted by Gasteiger charge is 2.14. The Kier molecular flexibility index (Phi) is 11.6. The van der Waals surface area contributed by atoms with Crippen molar-refractivity contribution in [3.05, 3.63) is 29.8 Å². The highest BCUT2D eigenvalue weighted by molar-refractivity contribution is 14.0. The zero-order valence-corrected chi connectivity index (χ0v) is 17.2. The van der Waals surface area contributed by atoms with Gasteiger partial charge in [-0.15, -0.1) is 24.0 Å². The van der Waals surface area contributed by atoms with E-state index >= 15 is 0 Å². The predicted octanol–water partition coefficient (Wildman–Crippen LogP) is 2.65. The molecule has 2 rings (SSSR count). The van der Waals surface area contributed by atoms with E-state index in [1.807, 2.05) is 19.1 Å². The average molecular weight is 463 g/mol. The molecule has 0 amide bonds. The standard InChI is InChI=1S/C18H29N3O3.HI/c1-2-19-18(21-13-15-6-3-7-16(22)12-15)20-9-5-10-23-14-17-8-4-11-24-17;/h3,6-7,12,17,22H,2,4-5,8-11,13-14H2,1H3,(H2,19,20,21);1H. The quantitative estimate of drug-likeness (QED) is 0.227. The first-order chi connectivity index (χ1) is 11.8. The molecule has 1 aromatic rings. The van der Waals surface area contributed by atoms with Crippen LogP contribution in [-0.4, -0.2) is 50.1 Å². The van der Waals surface area contributed by atoms with Crippen LogP contribution in [0.5, 0.6) is 5.75 Å². The lowest BCUT2D eigenvalue weighted by Gasteiger charge is -2.12. The van der Waals surface area contributed by atoms with Crippen molar-refractivity contribution >= 4 is 29.9 Å². The molecule has 0 aromatic heterocycles. The van der Waals surface area contributed by atoms with Crippen molar-refractivity contribution in [2.75, 3.05) is 32.9 Å². The predicted molar refractivity (Wildman–Crippen MR) is 111 cm³/mol. The second kappa shape index (κ2) is 13.2. The second-order valence-corrected chi connectivity index (χ2v) is 5.86. The van der Waals surface area contributed by atoms with Crippen molar-refractivity contribution in [2.45, 2.75) is 38.8 Å². The van der Waals surface area contributed by atoms with E-state index in [9.17, 15) is 5.11 Å². The normalized spacial score (nSPS) is 17.2. The van der Waals surface area contributed by atoms with Crippen molar-refractivity contribution < 1.29 is 14.6 Å². The van der Waals surface area contributed by atoms with Gasteiger partial charge in [-0.25, -0.2) is 4.99 Å². The number of nitrogens with zero attached hydrogens (tertiary/aromatic N) is 1. The van der Waals surface area contributed by atoms with E-state index in [0.717, 1.165) is 57.1 Å². The first kappa shape index (κ1) is 22.0. The lowest BCUT2D eigenvalue weighted by Crippen LogP contribution is -2.38. The summed E-state index contributed by atoms with van der Waals surface area (Å²) < 4.78 is 11.2. The number of rotatable bonds is 9. The number of ether oxygens (including phenoxy) is 2. The van der Waals surface area contributed by atoms with Crippen molar-refractivity contribution in [3.8, 4) is 5.75 Å². The molecule has 0 radical (unpaired) electrons. The maximum absolute atomic E-state index is 9.48. The number of nitrogens with one attached hydrogen (secondary N) is 2. The molecule has 25 heavy (non-hydrogen) atoms. The highest BCUT2D eigenvalue weighted by atomic mass is 127. The summed E-state index contributed by atoms with van der Waals surface area (Å²) in [6, 6.07) is 7.16. The van der Waals surface area contributed by atoms with E-state index in [1.165, 1.54) is 0 Å². The molecule has 0 spiro atoms. The molecular weight excluding hydrogens is 433 g/mol. The van der Waals surface area contributed by atoms with E-state index in [-0.39, 0.29) is 29.7 Å². The number of phenolic OH excluding ortho intramolecular Hbond substituents is 1. The van der Waals surface area contributed by atoms with Gasteiger partial charge in [0.2, 0.25) is 0 Å². The Morgan fingerprint density at radius 2 is 2.28 bits per heavy atom. The third-order valence-corrected chi connectivity index (χ3v) is 3.76. The molecular formula is C18H30IN3O3. The summed E-state index contributed by atoms with van der Waals surface area (Å²) >= 11 is 0. The largest absolute Gasteiger partial charge is 0.508 e. The summed E-state index contributed by atoms with van der Waals surface area (Å²) in [5.41, 5.74) is 0.979. The Morgan fingerprint density at radius 3 is 3.00 bits per heavy atom. The summed E-state index contributed by atoms with van der Waals surface area (Å²) in [5, 5.41) is 16.0. The van der Waals surface area contributed by atoms with Crippen LogP contribution in [0.3, 0.4) is 0 Å². The fourth-order valence-corrected chi connectivity index (χ4v) is 2.54. The van der Waals surface area contributed by atoms with Gasteiger partial charge in [0.15, 0.2) is 5.96 Å². The third-order valence-electron chi connectivity index (χ3n) is 3.76. The van der Waals surface area contributed by atoms with Gasteiger partial charge in [0.1, 0.15) is 5.75 Å². The SMILES string of the molecule is CCNC(=NCc1cccc(O)c1)NCCCOCC1CCCO1.I. The van der Waals surface area contributed by atoms with E-state index in [1.54, 1.807) is 12.1 Å². The Balaban J connectivity index is 0.00000312. The Hall–Kier alpha value is -1.06. The molecule has 142 valence electrons. The molecule has 1 heterocycles. The number of aliphatic imine (C=N–C) groups is 1. The van der Waals surface area contributed by atoms with Crippen LogP contribution in [0.4, 0.5) is 0 Å². The lowest BCUT2D eigenvalue weighted by atomic mass is 10.2. The van der Waals surface area contributed by atoms with Crippen LogP contribution >= 0.6 is 24.0 Å². The number of phenols is 1. The fraction of sp³-hybridized carbons (Fsp3) is 0.611. The van der Waals surface area contributed by atoms with Crippen LogP contribution in [0.1, 0.15) is 31.7 Å². The number of benzene rings is 1. The van der Waals surface area contributed by atoms with Gasteiger partial charge in [0.05, 0.1) is 19.3 Å². The maximum atomic E-state index is 9.48. The molecule has 1 saturated heterocycles. The smallest absolute Gasteiger partial charge is 0.191 e. The van der Waals surface area contributed by atoms with Gasteiger partial charge in [-0.1, -0.05) is 12.1 Å². The number of aromatic hydroxyl groups is 1. The molecule has 1 fully saturated rings. The summed E-state index contributed by atoms with van der Waals surface area (Å²) in [6.07, 6.45) is 3.48. The maximum Gasteiger partial charge on any atom is 0.191 e. The molecule has 1 unspecified atom stereocenters. The first-order valence-corrected chi connectivity index (χ1v) is 8.77. The molecule has 1 aliphatic rings. The van der Waals surface area contributed by atoms with E-state index in [0.29, 0.717) is 19.3 Å². The van der Waals surface area contributed by atoms with Gasteiger partial charge in [0, 0.05) is 26.3 Å². The minimum atomic E-state index is 0. The minimum absolute atomic E-state index is 0. The van der Waals surface area contributed by atoms with Crippen molar-refractivity contribution in [3.63, 3.8) is 0 Å². The third kappa shape index (κ3) is 9.27. The van der Waals surface area contributed by atoms with E-state index < -0.39 is 0 Å². The minimum Gasteiger partial charge on any atom is -0.508 e. The topological polar surface area (TPSA) is 75.1 Å². The highest BCUT2D eigenvalue weighted by Crippen LogP contribution is 2.12. The van der Waals surface area contributed by atoms with Crippen LogP contribution in [0, 0.1) is 0 Å². The van der Waals surface area contributed by atoms with Crippen molar-refractivity contribution in [1.29, 1.82) is 0 Å². The zero-order chi connectivity index (χ0) is 17.0. The number of halogens is 1. The molecule has 0 bridgehead atoms. The number of guanidine groups is 1. The Bertz CT molecular complexity index is 508. The average Bonchev–Trinajstić information content (AvgIpc) is 3.09. The van der Waals surface area contributed by atoms with Gasteiger partial charge in [0.25, 0.3) is 0 Å². The van der Waals surface area contributed by atoms with Crippen molar-refractivity contribution in [2.24, 2.45) is 4.99 Å². The van der Waals surface area contributed by atoms with Crippen LogP contribution in [0.25, 0.3) is 0 Å². The molecule has 6 nitrogen and oxygen atoms in total.